The molecule has 0 radical (unpaired) electrons. The van der Waals surface area contributed by atoms with E-state index in [1.165, 1.54) is 70.6 Å². The van der Waals surface area contributed by atoms with Crippen LogP contribution in [0.1, 0.15) is 168 Å². The summed E-state index contributed by atoms with van der Waals surface area (Å²) in [4.78, 5) is 22.7. The molecule has 0 aromatic heterocycles. The average Bonchev–Trinajstić information content (AvgIpc) is 3.13. The van der Waals surface area contributed by atoms with Crippen molar-refractivity contribution in [2.75, 3.05) is 19.8 Å². The van der Waals surface area contributed by atoms with Gasteiger partial charge in [-0.1, -0.05) is 152 Å². The molecule has 0 fully saturated rings. The van der Waals surface area contributed by atoms with Crippen LogP contribution in [0.3, 0.4) is 0 Å². The van der Waals surface area contributed by atoms with Crippen molar-refractivity contribution >= 4 is 13.7 Å². The summed E-state index contributed by atoms with van der Waals surface area (Å²) in [7, 11) is -4.42. The van der Waals surface area contributed by atoms with Crippen LogP contribution in [0.2, 0.25) is 0 Å². The lowest BCUT2D eigenvalue weighted by Gasteiger charge is -2.24. The maximum atomic E-state index is 12.8. The van der Waals surface area contributed by atoms with Gasteiger partial charge in [-0.3, -0.25) is 13.8 Å². The molecule has 308 valence electrons. The number of nitrogens with two attached hydrogens (primary N) is 1. The lowest BCUT2D eigenvalue weighted by Crippen LogP contribution is -2.46. The molecule has 0 rings (SSSR count). The molecule has 6 N–H and O–H groups in total. The normalized spacial score (nSPS) is 15.4. The Morgan fingerprint density at radius 3 is 1.72 bits per heavy atom. The summed E-state index contributed by atoms with van der Waals surface area (Å²) >= 11 is 0. The number of unbranched alkanes of at least 4 members (excludes halogenated alkanes) is 17. The third kappa shape index (κ3) is 36.9. The van der Waals surface area contributed by atoms with Crippen molar-refractivity contribution in [2.45, 2.75) is 186 Å². The molecule has 0 aliphatic heterocycles. The van der Waals surface area contributed by atoms with E-state index in [1.807, 2.05) is 6.08 Å². The van der Waals surface area contributed by atoms with E-state index in [-0.39, 0.29) is 19.6 Å². The first-order chi connectivity index (χ1) is 25.8. The largest absolute Gasteiger partial charge is 0.472 e. The molecule has 0 aromatic rings. The third-order valence-electron chi connectivity index (χ3n) is 8.88. The van der Waals surface area contributed by atoms with Crippen LogP contribution in [0.15, 0.2) is 60.8 Å². The SMILES string of the molecule is CCCCC/C=C\C=C/CCCCCCC(O)CC(=O)NC(COP(=O)(O)OCCN)C(O)/C=C/CC/C=C/CC/C=C/CCCCCCCCCC. The lowest BCUT2D eigenvalue weighted by molar-refractivity contribution is -0.124. The molecule has 53 heavy (non-hydrogen) atoms. The highest BCUT2D eigenvalue weighted by molar-refractivity contribution is 7.47. The summed E-state index contributed by atoms with van der Waals surface area (Å²) in [6.45, 7) is 3.87. The van der Waals surface area contributed by atoms with Gasteiger partial charge < -0.3 is 26.2 Å². The van der Waals surface area contributed by atoms with Gasteiger partial charge in [-0.05, 0) is 70.6 Å². The molecule has 0 aromatic carbocycles. The number of amides is 1. The fourth-order valence-corrected chi connectivity index (χ4v) is 6.43. The van der Waals surface area contributed by atoms with E-state index in [1.54, 1.807) is 6.08 Å². The van der Waals surface area contributed by atoms with Crippen LogP contribution < -0.4 is 11.1 Å². The van der Waals surface area contributed by atoms with Gasteiger partial charge in [0.25, 0.3) is 0 Å². The minimum Gasteiger partial charge on any atom is -0.393 e. The molecule has 0 saturated heterocycles. The molecule has 1 amide bonds. The number of aliphatic hydroxyl groups is 2. The monoisotopic (exact) mass is 767 g/mol. The zero-order chi connectivity index (χ0) is 39.1. The Labute approximate surface area is 324 Å². The molecule has 0 aliphatic carbocycles. The van der Waals surface area contributed by atoms with Gasteiger partial charge in [-0.2, -0.15) is 0 Å². The summed E-state index contributed by atoms with van der Waals surface area (Å²) in [6.07, 6.45) is 44.5. The van der Waals surface area contributed by atoms with Gasteiger partial charge in [0.2, 0.25) is 5.91 Å². The van der Waals surface area contributed by atoms with Gasteiger partial charge in [0.05, 0.1) is 37.9 Å². The zero-order valence-electron chi connectivity index (χ0n) is 33.6. The molecule has 0 aliphatic rings. The number of phosphoric acid groups is 1. The van der Waals surface area contributed by atoms with Crippen molar-refractivity contribution in [2.24, 2.45) is 5.73 Å². The molecule has 9 nitrogen and oxygen atoms in total. The number of allylic oxidation sites excluding steroid dienone is 9. The Hall–Kier alpha value is -1.84. The smallest absolute Gasteiger partial charge is 0.393 e. The Bertz CT molecular complexity index is 1030. The Morgan fingerprint density at radius 2 is 1.13 bits per heavy atom. The van der Waals surface area contributed by atoms with Gasteiger partial charge >= 0.3 is 7.82 Å². The van der Waals surface area contributed by atoms with Crippen molar-refractivity contribution in [3.63, 3.8) is 0 Å². The van der Waals surface area contributed by atoms with Gasteiger partial charge in [-0.15, -0.1) is 0 Å². The van der Waals surface area contributed by atoms with Gasteiger partial charge in [0.1, 0.15) is 0 Å². The van der Waals surface area contributed by atoms with Crippen LogP contribution in [-0.2, 0) is 18.4 Å². The van der Waals surface area contributed by atoms with Crippen LogP contribution in [0, 0.1) is 0 Å². The van der Waals surface area contributed by atoms with Crippen molar-refractivity contribution in [3.8, 4) is 0 Å². The standard InChI is InChI=1S/C43H79N2O7P/c1-3-5-7-9-11-13-15-17-18-19-20-21-23-25-27-29-31-33-35-42(47)41(39-52-53(49,50)51-37-36-44)45-43(48)38-40(46)34-32-30-28-26-24-22-16-14-12-10-8-6-4-2/h12,14,16,19-20,22,25,27,33,35,40-42,46-47H,3-11,13,15,17-18,21,23-24,26,28-32,34,36-39,44H2,1-2H3,(H,45,48)(H,49,50)/b14-12-,20-19+,22-16-,27-25+,35-33+. The van der Waals surface area contributed by atoms with Crippen LogP contribution in [0.25, 0.3) is 0 Å². The van der Waals surface area contributed by atoms with E-state index in [4.69, 9.17) is 14.8 Å². The second kappa shape index (κ2) is 38.4. The molecule has 0 saturated carbocycles. The van der Waals surface area contributed by atoms with E-state index in [0.29, 0.717) is 12.8 Å². The molecular weight excluding hydrogens is 687 g/mol. The fourth-order valence-electron chi connectivity index (χ4n) is 5.67. The first-order valence-corrected chi connectivity index (χ1v) is 22.5. The number of aliphatic hydroxyl groups excluding tert-OH is 2. The Kier molecular flexibility index (Phi) is 37.1. The van der Waals surface area contributed by atoms with E-state index in [9.17, 15) is 24.5 Å². The minimum absolute atomic E-state index is 0.0374. The first kappa shape index (κ1) is 51.2. The van der Waals surface area contributed by atoms with E-state index in [2.05, 4.69) is 67.8 Å². The Morgan fingerprint density at radius 1 is 0.660 bits per heavy atom. The van der Waals surface area contributed by atoms with E-state index in [0.717, 1.165) is 64.2 Å². The van der Waals surface area contributed by atoms with Crippen LogP contribution >= 0.6 is 7.82 Å². The predicted octanol–water partition coefficient (Wildman–Crippen LogP) is 10.5. The van der Waals surface area contributed by atoms with Crippen molar-refractivity contribution < 1.29 is 33.5 Å². The maximum absolute atomic E-state index is 12.8. The van der Waals surface area contributed by atoms with Crippen molar-refractivity contribution in [1.29, 1.82) is 0 Å². The second-order valence-corrected chi connectivity index (χ2v) is 15.5. The van der Waals surface area contributed by atoms with Crippen LogP contribution in [-0.4, -0.2) is 59.0 Å². The summed E-state index contributed by atoms with van der Waals surface area (Å²) in [6, 6.07) is -1.01. The maximum Gasteiger partial charge on any atom is 0.472 e. The predicted molar refractivity (Wildman–Crippen MR) is 223 cm³/mol. The number of rotatable bonds is 38. The quantitative estimate of drug-likeness (QED) is 0.0180. The zero-order valence-corrected chi connectivity index (χ0v) is 34.5. The second-order valence-electron chi connectivity index (χ2n) is 14.0. The number of phosphoric ester groups is 1. The number of hydrogen-bond acceptors (Lipinski definition) is 7. The van der Waals surface area contributed by atoms with Crippen LogP contribution in [0.5, 0.6) is 0 Å². The summed E-state index contributed by atoms with van der Waals surface area (Å²) in [5.74, 6) is -0.475. The van der Waals surface area contributed by atoms with Crippen molar-refractivity contribution in [1.82, 2.24) is 5.32 Å². The van der Waals surface area contributed by atoms with Crippen LogP contribution in [0.4, 0.5) is 0 Å². The number of carbonyl (C=O) groups is 1. The summed E-state index contributed by atoms with van der Waals surface area (Å²) < 4.78 is 22.0. The lowest BCUT2D eigenvalue weighted by atomic mass is 10.0. The molecule has 0 spiro atoms. The minimum atomic E-state index is -4.42. The number of carbonyl (C=O) groups excluding carboxylic acids is 1. The molecule has 0 heterocycles. The first-order valence-electron chi connectivity index (χ1n) is 21.0. The number of nitrogens with one attached hydrogen (secondary N) is 1. The molecule has 10 heteroatoms. The fraction of sp³-hybridized carbons (Fsp3) is 0.744. The third-order valence-corrected chi connectivity index (χ3v) is 9.86. The molecule has 4 atom stereocenters. The number of hydrogen-bond donors (Lipinski definition) is 5. The van der Waals surface area contributed by atoms with Gasteiger partial charge in [0.15, 0.2) is 0 Å². The average molecular weight is 767 g/mol. The highest BCUT2D eigenvalue weighted by Crippen LogP contribution is 2.43. The highest BCUT2D eigenvalue weighted by atomic mass is 31.2. The Balaban J connectivity index is 4.49. The molecule has 4 unspecified atom stereocenters. The van der Waals surface area contributed by atoms with Crippen molar-refractivity contribution in [3.05, 3.63) is 60.8 Å². The summed E-state index contributed by atoms with van der Waals surface area (Å²) in [5.41, 5.74) is 5.35. The van der Waals surface area contributed by atoms with E-state index < -0.39 is 38.6 Å². The topological polar surface area (TPSA) is 151 Å². The summed E-state index contributed by atoms with van der Waals surface area (Å²) in [5, 5.41) is 24.0. The molecule has 0 bridgehead atoms. The van der Waals surface area contributed by atoms with E-state index >= 15 is 0 Å². The van der Waals surface area contributed by atoms with Gasteiger partial charge in [0, 0.05) is 6.54 Å². The molecular formula is C43H79N2O7P. The van der Waals surface area contributed by atoms with Gasteiger partial charge in [-0.25, -0.2) is 4.57 Å². The highest BCUT2D eigenvalue weighted by Gasteiger charge is 2.27.